The summed E-state index contributed by atoms with van der Waals surface area (Å²) in [5.74, 6) is -1.53. The molecule has 1 atom stereocenters. The maximum atomic E-state index is 13.5. The average Bonchev–Trinajstić information content (AvgIpc) is 3.42. The number of sulfone groups is 1. The topological polar surface area (TPSA) is 117 Å². The highest BCUT2D eigenvalue weighted by atomic mass is 32.2. The molecule has 1 N–H and O–H groups in total. The molecule has 35 heavy (non-hydrogen) atoms. The summed E-state index contributed by atoms with van der Waals surface area (Å²) in [5.41, 5.74) is 1.07. The minimum Gasteiger partial charge on any atom is -0.459 e. The maximum Gasteiger partial charge on any atom is 0.289 e. The fourth-order valence-corrected chi connectivity index (χ4v) is 5.34. The number of carbonyl (C=O) groups is 3. The third-order valence-corrected chi connectivity index (χ3v) is 7.63. The van der Waals surface area contributed by atoms with Gasteiger partial charge in [0.25, 0.3) is 17.7 Å². The first-order valence-corrected chi connectivity index (χ1v) is 12.6. The molecular weight excluding hydrogens is 470 g/mol. The van der Waals surface area contributed by atoms with E-state index >= 15 is 0 Å². The highest BCUT2D eigenvalue weighted by molar-refractivity contribution is 7.92. The molecule has 1 aromatic heterocycles. The Kier molecular flexibility index (Phi) is 7.02. The summed E-state index contributed by atoms with van der Waals surface area (Å²) in [6.07, 6.45) is 1.41. The van der Waals surface area contributed by atoms with Crippen molar-refractivity contribution < 1.29 is 27.2 Å². The Morgan fingerprint density at radius 1 is 0.886 bits per heavy atom. The van der Waals surface area contributed by atoms with Gasteiger partial charge in [0.2, 0.25) is 15.2 Å². The van der Waals surface area contributed by atoms with Gasteiger partial charge in [-0.2, -0.15) is 0 Å². The van der Waals surface area contributed by atoms with Crippen molar-refractivity contribution in [3.8, 4) is 0 Å². The van der Waals surface area contributed by atoms with Crippen molar-refractivity contribution in [2.24, 2.45) is 0 Å². The Hall–Kier alpha value is -3.92. The van der Waals surface area contributed by atoms with Crippen molar-refractivity contribution in [3.63, 3.8) is 0 Å². The minimum atomic E-state index is -4.25. The third kappa shape index (κ3) is 5.27. The van der Waals surface area contributed by atoms with E-state index in [1.54, 1.807) is 48.5 Å². The van der Waals surface area contributed by atoms with E-state index in [1.807, 2.05) is 13.0 Å². The normalized spacial score (nSPS) is 14.9. The quantitative estimate of drug-likeness (QED) is 0.560. The van der Waals surface area contributed by atoms with E-state index < -0.39 is 27.0 Å². The fourth-order valence-electron chi connectivity index (χ4n) is 3.86. The van der Waals surface area contributed by atoms with Crippen LogP contribution in [0.4, 0.5) is 0 Å². The second-order valence-corrected chi connectivity index (χ2v) is 10.2. The van der Waals surface area contributed by atoms with Crippen LogP contribution in [-0.4, -0.2) is 67.5 Å². The number of benzene rings is 2. The minimum absolute atomic E-state index is 0.0745. The monoisotopic (exact) mass is 495 g/mol. The van der Waals surface area contributed by atoms with Crippen molar-refractivity contribution in [1.82, 2.24) is 15.1 Å². The van der Waals surface area contributed by atoms with Crippen LogP contribution < -0.4 is 5.32 Å². The molecule has 3 aromatic rings. The first-order valence-electron chi connectivity index (χ1n) is 11.1. The molecule has 4 rings (SSSR count). The maximum absolute atomic E-state index is 13.5. The van der Waals surface area contributed by atoms with Crippen LogP contribution in [-0.2, 0) is 14.6 Å². The van der Waals surface area contributed by atoms with Crippen molar-refractivity contribution in [3.05, 3.63) is 89.9 Å². The molecule has 0 spiro atoms. The molecule has 1 fully saturated rings. The van der Waals surface area contributed by atoms with E-state index in [-0.39, 0.29) is 48.3 Å². The van der Waals surface area contributed by atoms with Gasteiger partial charge in [0.1, 0.15) is 0 Å². The lowest BCUT2D eigenvalue weighted by Crippen LogP contribution is -2.57. The molecule has 0 saturated carbocycles. The molecule has 2 aromatic carbocycles. The first kappa shape index (κ1) is 24.2. The number of furan rings is 1. The van der Waals surface area contributed by atoms with Crippen LogP contribution in [0.3, 0.4) is 0 Å². The Bertz CT molecular complexity index is 1310. The van der Waals surface area contributed by atoms with Crippen molar-refractivity contribution in [2.45, 2.75) is 17.2 Å². The number of rotatable bonds is 6. The van der Waals surface area contributed by atoms with E-state index in [0.29, 0.717) is 0 Å². The highest BCUT2D eigenvalue weighted by Crippen LogP contribution is 2.19. The van der Waals surface area contributed by atoms with Gasteiger partial charge in [0, 0.05) is 31.7 Å². The molecule has 0 bridgehead atoms. The predicted octanol–water partition coefficient (Wildman–Crippen LogP) is 2.10. The van der Waals surface area contributed by atoms with E-state index in [4.69, 9.17) is 4.42 Å². The number of carbonyl (C=O) groups excluding carboxylic acids is 3. The zero-order chi connectivity index (χ0) is 25.0. The smallest absolute Gasteiger partial charge is 0.289 e. The largest absolute Gasteiger partial charge is 0.459 e. The summed E-state index contributed by atoms with van der Waals surface area (Å²) in [7, 11) is -4.25. The Morgan fingerprint density at radius 3 is 2.20 bits per heavy atom. The number of aryl methyl sites for hydroxylation is 1. The van der Waals surface area contributed by atoms with Crippen molar-refractivity contribution >= 4 is 27.6 Å². The lowest BCUT2D eigenvalue weighted by Gasteiger charge is -2.36. The van der Waals surface area contributed by atoms with Crippen LogP contribution in [0.2, 0.25) is 0 Å². The Labute approximate surface area is 203 Å². The average molecular weight is 496 g/mol. The molecule has 3 amide bonds. The highest BCUT2D eigenvalue weighted by Gasteiger charge is 2.39. The Morgan fingerprint density at radius 2 is 1.57 bits per heavy atom. The molecule has 0 radical (unpaired) electrons. The second kappa shape index (κ2) is 10.1. The molecule has 0 unspecified atom stereocenters. The van der Waals surface area contributed by atoms with Gasteiger partial charge in [-0.15, -0.1) is 0 Å². The van der Waals surface area contributed by atoms with Gasteiger partial charge < -0.3 is 19.5 Å². The number of amides is 3. The summed E-state index contributed by atoms with van der Waals surface area (Å²) >= 11 is 0. The van der Waals surface area contributed by atoms with Gasteiger partial charge >= 0.3 is 0 Å². The number of nitrogens with one attached hydrogen (secondary N) is 1. The van der Waals surface area contributed by atoms with Crippen molar-refractivity contribution in [2.75, 3.05) is 26.2 Å². The molecule has 1 aliphatic rings. The van der Waals surface area contributed by atoms with E-state index in [0.717, 1.165) is 5.56 Å². The summed E-state index contributed by atoms with van der Waals surface area (Å²) in [5, 5.41) is 0.624. The summed E-state index contributed by atoms with van der Waals surface area (Å²) in [6, 6.07) is 17.4. The zero-order valence-electron chi connectivity index (χ0n) is 19.1. The molecule has 2 heterocycles. The lowest BCUT2D eigenvalue weighted by atomic mass is 10.1. The second-order valence-electron chi connectivity index (χ2n) is 8.18. The third-order valence-electron chi connectivity index (χ3n) is 5.76. The van der Waals surface area contributed by atoms with E-state index in [2.05, 4.69) is 5.32 Å². The zero-order valence-corrected chi connectivity index (χ0v) is 19.9. The van der Waals surface area contributed by atoms with Crippen LogP contribution in [0.15, 0.2) is 82.3 Å². The van der Waals surface area contributed by atoms with E-state index in [1.165, 1.54) is 28.2 Å². The molecular formula is C25H25N3O6S. The van der Waals surface area contributed by atoms with Crippen LogP contribution >= 0.6 is 0 Å². The number of hydrogen-bond acceptors (Lipinski definition) is 6. The molecule has 182 valence electrons. The van der Waals surface area contributed by atoms with Gasteiger partial charge in [-0.05, 0) is 43.3 Å². The van der Waals surface area contributed by atoms with Gasteiger partial charge in [-0.3, -0.25) is 14.4 Å². The molecule has 1 aliphatic heterocycles. The first-order chi connectivity index (χ1) is 16.8. The van der Waals surface area contributed by atoms with Gasteiger partial charge in [-0.1, -0.05) is 35.9 Å². The summed E-state index contributed by atoms with van der Waals surface area (Å²) < 4.78 is 32.0. The summed E-state index contributed by atoms with van der Waals surface area (Å²) in [6.45, 7) is 2.45. The van der Waals surface area contributed by atoms with E-state index in [9.17, 15) is 22.8 Å². The Balaban J connectivity index is 1.55. The number of piperazine rings is 1. The molecule has 1 saturated heterocycles. The van der Waals surface area contributed by atoms with Crippen LogP contribution in [0.1, 0.15) is 26.5 Å². The summed E-state index contributed by atoms with van der Waals surface area (Å²) in [4.78, 5) is 41.7. The van der Waals surface area contributed by atoms with Gasteiger partial charge in [-0.25, -0.2) is 8.42 Å². The van der Waals surface area contributed by atoms with Gasteiger partial charge in [0.05, 0.1) is 11.2 Å². The number of nitrogens with zero attached hydrogens (tertiary/aromatic N) is 2. The van der Waals surface area contributed by atoms with Crippen LogP contribution in [0, 0.1) is 6.92 Å². The molecule has 10 heteroatoms. The molecule has 9 nitrogen and oxygen atoms in total. The van der Waals surface area contributed by atoms with Gasteiger partial charge in [0.15, 0.2) is 5.76 Å². The van der Waals surface area contributed by atoms with Crippen LogP contribution in [0.5, 0.6) is 0 Å². The molecule has 0 aliphatic carbocycles. The van der Waals surface area contributed by atoms with Crippen molar-refractivity contribution in [1.29, 1.82) is 0 Å². The van der Waals surface area contributed by atoms with Crippen LogP contribution in [0.25, 0.3) is 0 Å². The fraction of sp³-hybridized carbons (Fsp3) is 0.240. The number of hydrogen-bond donors (Lipinski definition) is 1. The SMILES string of the molecule is Cc1cccc(C(=O)N[C@H](C(=O)N2CCN(C(=O)c3ccco3)CC2)S(=O)(=O)c2ccccc2)c1. The lowest BCUT2D eigenvalue weighted by molar-refractivity contribution is -0.132. The predicted molar refractivity (Wildman–Crippen MR) is 127 cm³/mol. The standard InChI is InChI=1S/C25H25N3O6S/c1-18-7-5-8-19(17-18)22(29)26-23(35(32,33)20-9-3-2-4-10-20)25(31)28-14-12-27(13-15-28)24(30)21-11-6-16-34-21/h2-11,16-17,23H,12-15H2,1H3,(H,26,29)/t23-/m0/s1.